The largest absolute Gasteiger partial charge is 0.468 e. The van der Waals surface area contributed by atoms with Crippen LogP contribution in [0, 0.1) is 26.7 Å². The minimum Gasteiger partial charge on any atom is -0.468 e. The molecule has 8 heterocycles. The van der Waals surface area contributed by atoms with Crippen LogP contribution in [0.1, 0.15) is 191 Å². The first kappa shape index (κ1) is 87.9. The van der Waals surface area contributed by atoms with Gasteiger partial charge in [-0.2, -0.15) is 8.42 Å². The third-order valence-electron chi connectivity index (χ3n) is 20.8. The summed E-state index contributed by atoms with van der Waals surface area (Å²) >= 11 is 0. The van der Waals surface area contributed by atoms with Gasteiger partial charge >= 0.3 is 5.97 Å². The van der Waals surface area contributed by atoms with Crippen LogP contribution in [-0.4, -0.2) is 232 Å². The van der Waals surface area contributed by atoms with E-state index in [1.54, 1.807) is 51.1 Å². The molecule has 8 bridgehead atoms. The topological polar surface area (TPSA) is 564 Å². The molecule has 622 valence electrons. The standard InChI is InChI=1S/C76H93N15O22S3/c1-9-45-34(2)47-27-52-59(38(6)94)36(4)49(86-52)25-48-35(3)46(63(88-48)61-62(75(106)111-8)68(100)60-37(5)50(89-64(60)61)26-51(45)85-47)16-17-55(96)87-53(28-57(98)90-65-69(101)67(99)54(31-92)113-76(65)107)73(104)79-19-21-114-115-32-58(112-33-93)91-72(103)41(24-56(97)77-20-22-116(108,109)110)23-44(95)11-10-18-78-71(102)40-12-14-42(15-13-40)80-29-43-30-81-70-66(84-43)74(105)83-39(7)82-70/h12-15,25-27,30,33-35,41,45-46,53-54,58,62,65,67,69,76,80,86,89,92,99,101,107H,9-11,16-24,28-29,31-32H2,1-8H3,(H,77,97)(H,78,102)(H,79,104)(H,87,96)(H,90,98)(H,91,103)(H,108,109,110)(H,81,82,83,105)/t34-,35+,41+,45-,46+,53?,54?,58-,62?,65?,67?,69?,76?/m1/s1. The number of hydrogen-bond donors (Lipinski definition) is 15. The second-order valence-corrected chi connectivity index (χ2v) is 32.9. The lowest BCUT2D eigenvalue weighted by Gasteiger charge is -2.40. The number of ether oxygens (including phenoxy) is 3. The van der Waals surface area contributed by atoms with Crippen molar-refractivity contribution in [2.45, 2.75) is 179 Å². The number of benzene rings is 1. The zero-order chi connectivity index (χ0) is 84.1. The minimum absolute atomic E-state index is 0.0175. The van der Waals surface area contributed by atoms with E-state index in [1.807, 2.05) is 26.0 Å². The van der Waals surface area contributed by atoms with E-state index in [2.05, 4.69) is 74.0 Å². The van der Waals surface area contributed by atoms with E-state index < -0.39 is 173 Å². The number of amides is 6. The Morgan fingerprint density at radius 3 is 2.16 bits per heavy atom. The molecule has 7 unspecified atom stereocenters. The molecule has 1 aromatic carbocycles. The van der Waals surface area contributed by atoms with Crippen LogP contribution in [0.5, 0.6) is 0 Å². The van der Waals surface area contributed by atoms with Gasteiger partial charge in [-0.15, -0.1) is 0 Å². The number of aromatic amines is 3. The maximum absolute atomic E-state index is 14.8. The maximum atomic E-state index is 14.8. The fourth-order valence-corrected chi connectivity index (χ4v) is 17.0. The molecule has 40 heteroatoms. The lowest BCUT2D eigenvalue weighted by molar-refractivity contribution is -0.253. The van der Waals surface area contributed by atoms with Crippen molar-refractivity contribution in [3.05, 3.63) is 127 Å². The summed E-state index contributed by atoms with van der Waals surface area (Å²) in [6.45, 7) is 11.4. The van der Waals surface area contributed by atoms with Crippen LogP contribution in [0.25, 0.3) is 33.2 Å². The van der Waals surface area contributed by atoms with Crippen molar-refractivity contribution in [1.29, 1.82) is 0 Å². The third-order valence-corrected chi connectivity index (χ3v) is 23.9. The molecule has 1 aliphatic carbocycles. The van der Waals surface area contributed by atoms with E-state index in [0.29, 0.717) is 68.1 Å². The van der Waals surface area contributed by atoms with E-state index in [0.717, 1.165) is 40.1 Å². The average molecular weight is 1660 g/mol. The highest BCUT2D eigenvalue weighted by Crippen LogP contribution is 2.49. The van der Waals surface area contributed by atoms with Gasteiger partial charge in [0.25, 0.3) is 28.1 Å². The molecule has 13 atom stereocenters. The van der Waals surface area contributed by atoms with Gasteiger partial charge in [0.2, 0.25) is 29.5 Å². The first-order valence-electron chi connectivity index (χ1n) is 37.5. The highest BCUT2D eigenvalue weighted by molar-refractivity contribution is 8.76. The number of aryl methyl sites for hydroxylation is 3. The molecule has 1 fully saturated rings. The van der Waals surface area contributed by atoms with Gasteiger partial charge < -0.3 is 86.8 Å². The van der Waals surface area contributed by atoms with Crippen LogP contribution >= 0.6 is 21.6 Å². The van der Waals surface area contributed by atoms with Gasteiger partial charge in [-0.05, 0) is 101 Å². The van der Waals surface area contributed by atoms with Gasteiger partial charge in [0, 0.05) is 131 Å². The molecule has 6 amide bonds. The quantitative estimate of drug-likeness (QED) is 0.00389. The van der Waals surface area contributed by atoms with Crippen LogP contribution < -0.4 is 42.8 Å². The summed E-state index contributed by atoms with van der Waals surface area (Å²) < 4.78 is 47.6. The van der Waals surface area contributed by atoms with Gasteiger partial charge in [0.1, 0.15) is 47.9 Å². The Bertz CT molecular complexity index is 5140. The lowest BCUT2D eigenvalue weighted by atomic mass is 9.83. The molecule has 10 rings (SSSR count). The minimum atomic E-state index is -4.50. The maximum Gasteiger partial charge on any atom is 0.321 e. The molecule has 6 aromatic rings. The predicted octanol–water partition coefficient (Wildman–Crippen LogP) is 2.58. The number of nitrogens with one attached hydrogen (secondary N) is 10. The summed E-state index contributed by atoms with van der Waals surface area (Å²) in [6.07, 6.45) is -8.77. The van der Waals surface area contributed by atoms with Crippen molar-refractivity contribution in [2.24, 2.45) is 5.92 Å². The molecule has 0 spiro atoms. The number of carbonyl (C=O) groups is 11. The zero-order valence-electron chi connectivity index (χ0n) is 64.7. The SMILES string of the molecule is CC[C@H]1c2cc3[nH]c4c(c3C)C(=O)C(C(=O)OC)c4c3nc(cc4[nH]c(cc(n2)[C@@H]1C)c(C(C)=O)c4C)[C@@H](C)[C@@H]3CCC(=O)NC(CC(=O)NC1C(O)OC(CO)C(O)C1O)C(=O)NCCSSC[C@H](NC(=O)[C@@H](CC(=O)CCCNC(=O)c1ccc(NCc2cnc3nc(C)[nH]c(=O)c3n2)cc1)CC(=O)NCCS(=O)(=O)O)OC=O. The van der Waals surface area contributed by atoms with Crippen LogP contribution in [0.4, 0.5) is 5.69 Å². The molecule has 0 saturated carbocycles. The summed E-state index contributed by atoms with van der Waals surface area (Å²) in [4.78, 5) is 195. The average Bonchev–Trinajstić information content (AvgIpc) is 1.56. The number of aliphatic hydroxyl groups is 4. The van der Waals surface area contributed by atoms with Gasteiger partial charge in [-0.3, -0.25) is 72.1 Å². The normalized spacial score (nSPS) is 20.4. The monoisotopic (exact) mass is 1660 g/mol. The van der Waals surface area contributed by atoms with Crippen molar-refractivity contribution in [3.8, 4) is 0 Å². The van der Waals surface area contributed by atoms with Gasteiger partial charge in [0.15, 0.2) is 35.2 Å². The summed E-state index contributed by atoms with van der Waals surface area (Å²) in [5, 5.41) is 60.2. The molecule has 1 saturated heterocycles. The Kier molecular flexibility index (Phi) is 29.6. The molecule has 0 radical (unpaired) electrons. The summed E-state index contributed by atoms with van der Waals surface area (Å²) in [7, 11) is -1.22. The number of methoxy groups -OCH3 is 1. The number of hydrogen-bond acceptors (Lipinski definition) is 29. The van der Waals surface area contributed by atoms with Gasteiger partial charge in [-0.1, -0.05) is 42.4 Å². The van der Waals surface area contributed by atoms with Crippen LogP contribution in [-0.2, 0) is 69.2 Å². The number of H-pyrrole nitrogens is 3. The Morgan fingerprint density at radius 1 is 0.759 bits per heavy atom. The molecule has 116 heavy (non-hydrogen) atoms. The number of anilines is 1. The number of fused-ring (bicyclic) bond motifs is 9. The molecule has 5 aromatic heterocycles. The predicted molar refractivity (Wildman–Crippen MR) is 422 cm³/mol. The van der Waals surface area contributed by atoms with Crippen LogP contribution in [0.15, 0.2) is 53.5 Å². The fraction of sp³-hybridized carbons (Fsp3) is 0.487. The summed E-state index contributed by atoms with van der Waals surface area (Å²) in [5.74, 6) is -12.0. The summed E-state index contributed by atoms with van der Waals surface area (Å²) in [5.41, 5.74) is 7.48. The molecule has 3 aliphatic heterocycles. The van der Waals surface area contributed by atoms with Crippen molar-refractivity contribution < 1.29 is 100 Å². The van der Waals surface area contributed by atoms with Gasteiger partial charge in [-0.25, -0.2) is 15.0 Å². The second-order valence-electron chi connectivity index (χ2n) is 28.7. The van der Waals surface area contributed by atoms with E-state index in [1.165, 1.54) is 13.1 Å². The highest BCUT2D eigenvalue weighted by Gasteiger charge is 2.47. The Labute approximate surface area is 671 Å². The molecular formula is C76H93N15O22S3. The Hall–Kier alpha value is -10.5. The molecule has 4 aliphatic rings. The molecule has 37 nitrogen and oxygen atoms in total. The van der Waals surface area contributed by atoms with E-state index in [-0.39, 0.29) is 114 Å². The number of esters is 1. The number of rotatable bonds is 37. The van der Waals surface area contributed by atoms with Crippen molar-refractivity contribution in [2.75, 3.05) is 55.9 Å². The highest BCUT2D eigenvalue weighted by atomic mass is 33.1. The Morgan fingerprint density at radius 2 is 1.47 bits per heavy atom. The van der Waals surface area contributed by atoms with Crippen molar-refractivity contribution in [3.63, 3.8) is 0 Å². The Balaban J connectivity index is 0.789. The molecular weight excluding hydrogens is 1570 g/mol. The summed E-state index contributed by atoms with van der Waals surface area (Å²) in [6, 6.07) is 8.57. The van der Waals surface area contributed by atoms with E-state index in [9.17, 15) is 90.9 Å². The van der Waals surface area contributed by atoms with Crippen LogP contribution in [0.2, 0.25) is 0 Å². The van der Waals surface area contributed by atoms with Gasteiger partial charge in [0.05, 0.1) is 72.7 Å². The lowest BCUT2D eigenvalue weighted by Crippen LogP contribution is -2.64. The smallest absolute Gasteiger partial charge is 0.321 e. The number of ketones is 3. The van der Waals surface area contributed by atoms with Crippen molar-refractivity contribution >= 4 is 136 Å². The number of aliphatic hydroxyl groups excluding tert-OH is 4. The van der Waals surface area contributed by atoms with E-state index >= 15 is 0 Å². The zero-order valence-corrected chi connectivity index (χ0v) is 67.1. The molecule has 15 N–H and O–H groups in total. The first-order valence-corrected chi connectivity index (χ1v) is 41.6. The number of aromatic nitrogens is 8. The first-order chi connectivity index (χ1) is 55.2. The number of carbonyl (C=O) groups excluding carboxylic acids is 11. The van der Waals surface area contributed by atoms with Crippen molar-refractivity contribution in [1.82, 2.24) is 71.8 Å². The fourth-order valence-electron chi connectivity index (χ4n) is 14.7. The van der Waals surface area contributed by atoms with E-state index in [4.69, 9.17) is 24.2 Å². The number of Topliss-reactive ketones (excluding diaryl/α,β-unsaturated/α-hetero) is 3. The van der Waals surface area contributed by atoms with Crippen LogP contribution in [0.3, 0.4) is 0 Å². The number of nitrogens with zero attached hydrogens (tertiary/aromatic N) is 5. The second kappa shape index (κ2) is 39.0. The third kappa shape index (κ3) is 21.2.